The zero-order chi connectivity index (χ0) is 27.3. The minimum Gasteiger partial charge on any atom is -0.462 e. The third kappa shape index (κ3) is 8.68. The van der Waals surface area contributed by atoms with E-state index in [0.29, 0.717) is 30.4 Å². The molecule has 0 saturated carbocycles. The summed E-state index contributed by atoms with van der Waals surface area (Å²) in [7, 11) is 2.86. The highest BCUT2D eigenvalue weighted by molar-refractivity contribution is 5.78. The summed E-state index contributed by atoms with van der Waals surface area (Å²) in [5, 5.41) is 0. The van der Waals surface area contributed by atoms with Gasteiger partial charge in [0.15, 0.2) is 12.2 Å². The van der Waals surface area contributed by atoms with Gasteiger partial charge in [-0.3, -0.25) is 4.79 Å². The first-order valence-electron chi connectivity index (χ1n) is 12.6. The second-order valence-corrected chi connectivity index (χ2v) is 8.85. The molecule has 0 unspecified atom stereocenters. The van der Waals surface area contributed by atoms with E-state index in [4.69, 9.17) is 23.7 Å². The maximum Gasteiger partial charge on any atom is 0.345 e. The number of esters is 3. The van der Waals surface area contributed by atoms with Crippen molar-refractivity contribution in [2.24, 2.45) is 0 Å². The van der Waals surface area contributed by atoms with Crippen LogP contribution in [0.25, 0.3) is 0 Å². The minimum atomic E-state index is -0.958. The average Bonchev–Trinajstić information content (AvgIpc) is 2.91. The monoisotopic (exact) mass is 522 g/mol. The fourth-order valence-electron chi connectivity index (χ4n) is 4.04. The summed E-state index contributed by atoms with van der Waals surface area (Å²) >= 11 is 0. The molecule has 0 fully saturated rings. The second-order valence-electron chi connectivity index (χ2n) is 8.85. The third-order valence-corrected chi connectivity index (χ3v) is 5.97. The van der Waals surface area contributed by atoms with Crippen molar-refractivity contribution in [2.75, 3.05) is 14.2 Å². The van der Waals surface area contributed by atoms with Crippen LogP contribution >= 0.6 is 0 Å². The molecule has 0 N–H and O–H groups in total. The molecule has 0 aliphatic carbocycles. The van der Waals surface area contributed by atoms with Crippen molar-refractivity contribution in [1.29, 1.82) is 0 Å². The maximum absolute atomic E-state index is 13.0. The van der Waals surface area contributed by atoms with Crippen LogP contribution in [0.15, 0.2) is 84.7 Å². The summed E-state index contributed by atoms with van der Waals surface area (Å²) in [5.74, 6) is -1.50. The molecule has 0 saturated heterocycles. The van der Waals surface area contributed by atoms with Crippen molar-refractivity contribution in [3.8, 4) is 0 Å². The van der Waals surface area contributed by atoms with Crippen LogP contribution in [0.3, 0.4) is 0 Å². The molecular weight excluding hydrogens is 488 g/mol. The fourth-order valence-corrected chi connectivity index (χ4v) is 4.04. The normalized spacial score (nSPS) is 22.3. The molecule has 0 aromatic heterocycles. The Morgan fingerprint density at radius 2 is 1.45 bits per heavy atom. The number of methoxy groups -OCH3 is 2. The summed E-state index contributed by atoms with van der Waals surface area (Å²) in [6, 6.07) is 18.0. The smallest absolute Gasteiger partial charge is 0.345 e. The van der Waals surface area contributed by atoms with E-state index in [9.17, 15) is 14.4 Å². The Labute approximate surface area is 223 Å². The Balaban J connectivity index is 1.81. The van der Waals surface area contributed by atoms with Gasteiger partial charge < -0.3 is 23.7 Å². The molecule has 8 heteroatoms. The van der Waals surface area contributed by atoms with Crippen molar-refractivity contribution >= 4 is 17.9 Å². The van der Waals surface area contributed by atoms with E-state index in [1.807, 2.05) is 31.2 Å². The molecule has 1 heterocycles. The Hall–Kier alpha value is -3.75. The van der Waals surface area contributed by atoms with Gasteiger partial charge in [-0.15, -0.1) is 0 Å². The van der Waals surface area contributed by atoms with Crippen molar-refractivity contribution in [3.63, 3.8) is 0 Å². The van der Waals surface area contributed by atoms with Crippen molar-refractivity contribution in [2.45, 2.75) is 57.0 Å². The lowest BCUT2D eigenvalue weighted by atomic mass is 10.1. The Bertz CT molecular complexity index is 1110. The predicted octanol–water partition coefficient (Wildman–Crippen LogP) is 5.16. The molecule has 4 atom stereocenters. The number of rotatable bonds is 8. The third-order valence-electron chi connectivity index (χ3n) is 5.97. The molecule has 202 valence electrons. The molecule has 3 rings (SSSR count). The largest absolute Gasteiger partial charge is 0.462 e. The number of carbonyl (C=O) groups is 3. The van der Waals surface area contributed by atoms with Crippen LogP contribution in [-0.4, -0.2) is 44.3 Å². The molecule has 38 heavy (non-hydrogen) atoms. The first-order valence-corrected chi connectivity index (χ1v) is 12.6. The van der Waals surface area contributed by atoms with Crippen molar-refractivity contribution in [1.82, 2.24) is 0 Å². The number of hydrogen-bond acceptors (Lipinski definition) is 8. The Kier molecular flexibility index (Phi) is 11.3. The number of carbonyl (C=O) groups excluding carboxylic acids is 3. The van der Waals surface area contributed by atoms with Crippen molar-refractivity contribution < 1.29 is 38.1 Å². The Morgan fingerprint density at radius 1 is 0.868 bits per heavy atom. The van der Waals surface area contributed by atoms with Gasteiger partial charge in [-0.1, -0.05) is 60.7 Å². The lowest BCUT2D eigenvalue weighted by Gasteiger charge is -2.21. The quantitative estimate of drug-likeness (QED) is 0.346. The van der Waals surface area contributed by atoms with Crippen LogP contribution in [-0.2, 0) is 38.1 Å². The molecule has 0 spiro atoms. The van der Waals surface area contributed by atoms with E-state index < -0.39 is 36.2 Å². The van der Waals surface area contributed by atoms with E-state index in [-0.39, 0.29) is 18.3 Å². The first-order chi connectivity index (χ1) is 18.4. The zero-order valence-corrected chi connectivity index (χ0v) is 21.9. The first kappa shape index (κ1) is 28.8. The van der Waals surface area contributed by atoms with Gasteiger partial charge in [0.1, 0.15) is 11.9 Å². The highest BCUT2D eigenvalue weighted by Gasteiger charge is 2.26. The summed E-state index contributed by atoms with van der Waals surface area (Å²) in [6.45, 7) is 1.81. The molecular formula is C30H34O8. The van der Waals surface area contributed by atoms with Gasteiger partial charge in [-0.05, 0) is 55.5 Å². The zero-order valence-electron chi connectivity index (χ0n) is 21.9. The Morgan fingerprint density at radius 3 is 2.03 bits per heavy atom. The molecule has 1 aliphatic rings. The summed E-state index contributed by atoms with van der Waals surface area (Å²) < 4.78 is 27.6. The van der Waals surface area contributed by atoms with Gasteiger partial charge in [0.05, 0.1) is 12.5 Å². The number of allylic oxidation sites excluding steroid dienone is 1. The summed E-state index contributed by atoms with van der Waals surface area (Å²) in [5.41, 5.74) is 1.31. The maximum atomic E-state index is 13.0. The van der Waals surface area contributed by atoms with Gasteiger partial charge in [-0.2, -0.15) is 0 Å². The summed E-state index contributed by atoms with van der Waals surface area (Å²) in [4.78, 5) is 38.2. The lowest BCUT2D eigenvalue weighted by Crippen LogP contribution is -2.24. The molecule has 1 aliphatic heterocycles. The van der Waals surface area contributed by atoms with Crippen LogP contribution in [0.1, 0.15) is 55.9 Å². The van der Waals surface area contributed by atoms with Gasteiger partial charge in [0, 0.05) is 14.2 Å². The SMILES string of the molecule is CO[C@@H](C(=O)OC1=C\CC(=O)O[C@@H](C)CCC[C@@H](OC(=O)[C@H](OC)c2ccccc2)/C=C\1)c1ccccc1. The van der Waals surface area contributed by atoms with E-state index >= 15 is 0 Å². The predicted molar refractivity (Wildman–Crippen MR) is 140 cm³/mol. The average molecular weight is 523 g/mol. The van der Waals surface area contributed by atoms with Crippen LogP contribution in [0.5, 0.6) is 0 Å². The molecule has 2 aromatic rings. The second kappa shape index (κ2) is 14.9. The van der Waals surface area contributed by atoms with Crippen LogP contribution in [0.2, 0.25) is 0 Å². The fraction of sp³-hybridized carbons (Fsp3) is 0.367. The number of cyclic esters (lactones) is 1. The highest BCUT2D eigenvalue weighted by atomic mass is 16.6. The van der Waals surface area contributed by atoms with Gasteiger partial charge >= 0.3 is 17.9 Å². The standard InChI is InChI=1S/C30H34O8/c1-21-11-10-16-24(37-29(32)27(34-2)22-12-6-4-7-13-22)17-18-25(19-20-26(31)36-21)38-30(33)28(35-3)23-14-8-5-9-15-23/h4-9,12-15,17-19,21,24,27-28H,10-11,16,20H2,1-3H3/b18-17-,25-19-/t21-,24+,27+,28+/m0/s1. The van der Waals surface area contributed by atoms with E-state index in [1.54, 1.807) is 42.5 Å². The molecule has 2 aromatic carbocycles. The minimum absolute atomic E-state index is 0.0928. The highest BCUT2D eigenvalue weighted by Crippen LogP contribution is 2.23. The van der Waals surface area contributed by atoms with E-state index in [2.05, 4.69) is 0 Å². The number of benzene rings is 2. The van der Waals surface area contributed by atoms with Gasteiger partial charge in [0.25, 0.3) is 0 Å². The number of ether oxygens (including phenoxy) is 5. The molecule has 8 nitrogen and oxygen atoms in total. The van der Waals surface area contributed by atoms with Gasteiger partial charge in [0.2, 0.25) is 0 Å². The lowest BCUT2D eigenvalue weighted by molar-refractivity contribution is -0.159. The molecule has 0 radical (unpaired) electrons. The van der Waals surface area contributed by atoms with E-state index in [1.165, 1.54) is 26.4 Å². The topological polar surface area (TPSA) is 97.4 Å². The van der Waals surface area contributed by atoms with E-state index in [0.717, 1.165) is 0 Å². The van der Waals surface area contributed by atoms with Crippen LogP contribution in [0.4, 0.5) is 0 Å². The molecule has 0 bridgehead atoms. The van der Waals surface area contributed by atoms with Crippen molar-refractivity contribution in [3.05, 3.63) is 95.8 Å². The van der Waals surface area contributed by atoms with Crippen LogP contribution in [0, 0.1) is 0 Å². The van der Waals surface area contributed by atoms with Gasteiger partial charge in [-0.25, -0.2) is 9.59 Å². The number of hydrogen-bond donors (Lipinski definition) is 0. The summed E-state index contributed by atoms with van der Waals surface area (Å²) in [6.07, 6.45) is 3.49. The van der Waals surface area contributed by atoms with Crippen LogP contribution < -0.4 is 0 Å². The molecule has 0 amide bonds.